The number of hydrazine groups is 1. The number of hydrogen-bond acceptors (Lipinski definition) is 8. The standard InChI is InChI=1S/C22H22FN5O3/c1-2-30-18(29)8-17-20-19(16(9-24)21(25)31-22(20)28-27-17)14-7-13(10-26-11-14)12-3-5-15(23)6-4-12/h3-7,10-11,17,19-20,22,27-28H,2,8,25H2,1H3. The van der Waals surface area contributed by atoms with E-state index in [0.717, 1.165) is 16.7 Å². The third kappa shape index (κ3) is 4.08. The van der Waals surface area contributed by atoms with Crippen molar-refractivity contribution >= 4 is 5.97 Å². The lowest BCUT2D eigenvalue weighted by atomic mass is 9.75. The number of nitriles is 1. The van der Waals surface area contributed by atoms with E-state index in [9.17, 15) is 14.4 Å². The number of allylic oxidation sites excluding steroid dienone is 1. The van der Waals surface area contributed by atoms with Crippen LogP contribution in [0.25, 0.3) is 11.1 Å². The van der Waals surface area contributed by atoms with Gasteiger partial charge in [-0.05, 0) is 36.2 Å². The van der Waals surface area contributed by atoms with E-state index in [1.54, 1.807) is 31.5 Å². The maximum Gasteiger partial charge on any atom is 0.307 e. The predicted octanol–water partition coefficient (Wildman–Crippen LogP) is 2.07. The molecule has 1 aromatic carbocycles. The zero-order chi connectivity index (χ0) is 22.0. The van der Waals surface area contributed by atoms with Crippen LogP contribution in [0.4, 0.5) is 4.39 Å². The average Bonchev–Trinajstić information content (AvgIpc) is 3.15. The molecule has 4 rings (SSSR count). The number of hydrogen-bond donors (Lipinski definition) is 3. The first-order valence-corrected chi connectivity index (χ1v) is 9.95. The highest BCUT2D eigenvalue weighted by molar-refractivity contribution is 5.70. The molecule has 0 saturated carbocycles. The monoisotopic (exact) mass is 423 g/mol. The molecule has 3 heterocycles. The molecule has 2 aliphatic heterocycles. The van der Waals surface area contributed by atoms with Crippen LogP contribution in [0.1, 0.15) is 24.8 Å². The third-order valence-electron chi connectivity index (χ3n) is 5.55. The molecule has 0 spiro atoms. The van der Waals surface area contributed by atoms with Crippen LogP contribution in [0.5, 0.6) is 0 Å². The van der Waals surface area contributed by atoms with Crippen LogP contribution in [-0.2, 0) is 14.3 Å². The summed E-state index contributed by atoms with van der Waals surface area (Å²) >= 11 is 0. The number of aromatic nitrogens is 1. The lowest BCUT2D eigenvalue weighted by Crippen LogP contribution is -2.41. The normalized spacial score (nSPS) is 24.8. The fraction of sp³-hybridized carbons (Fsp3) is 0.318. The Morgan fingerprint density at radius 1 is 1.29 bits per heavy atom. The fourth-order valence-corrected chi connectivity index (χ4v) is 4.18. The summed E-state index contributed by atoms with van der Waals surface area (Å²) in [6.45, 7) is 2.03. The summed E-state index contributed by atoms with van der Waals surface area (Å²) in [6.07, 6.45) is 2.92. The van der Waals surface area contributed by atoms with E-state index in [-0.39, 0.29) is 48.2 Å². The van der Waals surface area contributed by atoms with E-state index in [0.29, 0.717) is 0 Å². The zero-order valence-corrected chi connectivity index (χ0v) is 16.8. The van der Waals surface area contributed by atoms with Crippen molar-refractivity contribution in [1.29, 1.82) is 5.26 Å². The van der Waals surface area contributed by atoms with Gasteiger partial charge in [-0.3, -0.25) is 15.2 Å². The van der Waals surface area contributed by atoms with Crippen LogP contribution < -0.4 is 16.6 Å². The van der Waals surface area contributed by atoms with E-state index in [4.69, 9.17) is 15.2 Å². The van der Waals surface area contributed by atoms with Gasteiger partial charge in [0.25, 0.3) is 0 Å². The minimum absolute atomic E-state index is 0.0343. The molecular weight excluding hydrogens is 401 g/mol. The summed E-state index contributed by atoms with van der Waals surface area (Å²) in [5.41, 5.74) is 14.7. The van der Waals surface area contributed by atoms with Crippen molar-refractivity contribution in [1.82, 2.24) is 15.8 Å². The van der Waals surface area contributed by atoms with E-state index in [2.05, 4.69) is 21.9 Å². The number of halogens is 1. The van der Waals surface area contributed by atoms with Gasteiger partial charge in [-0.15, -0.1) is 0 Å². The van der Waals surface area contributed by atoms with Crippen molar-refractivity contribution in [3.05, 3.63) is 65.6 Å². The molecule has 4 N–H and O–H groups in total. The van der Waals surface area contributed by atoms with Crippen molar-refractivity contribution in [2.45, 2.75) is 31.5 Å². The summed E-state index contributed by atoms with van der Waals surface area (Å²) in [4.78, 5) is 16.5. The molecule has 31 heavy (non-hydrogen) atoms. The van der Waals surface area contributed by atoms with E-state index >= 15 is 0 Å². The third-order valence-corrected chi connectivity index (χ3v) is 5.55. The van der Waals surface area contributed by atoms with Gasteiger partial charge in [0.15, 0.2) is 6.23 Å². The molecule has 1 saturated heterocycles. The van der Waals surface area contributed by atoms with Crippen LogP contribution in [0.3, 0.4) is 0 Å². The molecular formula is C22H22FN5O3. The smallest absolute Gasteiger partial charge is 0.307 e. The largest absolute Gasteiger partial charge is 0.466 e. The molecule has 0 bridgehead atoms. The van der Waals surface area contributed by atoms with Crippen LogP contribution in [-0.4, -0.2) is 29.8 Å². The Morgan fingerprint density at radius 2 is 2.06 bits per heavy atom. The summed E-state index contributed by atoms with van der Waals surface area (Å²) in [5, 5.41) is 9.82. The van der Waals surface area contributed by atoms with Gasteiger partial charge in [-0.25, -0.2) is 9.82 Å². The summed E-state index contributed by atoms with van der Waals surface area (Å²) < 4.78 is 24.1. The van der Waals surface area contributed by atoms with Crippen molar-refractivity contribution in [3.63, 3.8) is 0 Å². The number of carbonyl (C=O) groups excluding carboxylic acids is 1. The molecule has 2 aromatic rings. The minimum atomic E-state index is -0.531. The van der Waals surface area contributed by atoms with Gasteiger partial charge in [-0.1, -0.05) is 12.1 Å². The summed E-state index contributed by atoms with van der Waals surface area (Å²) in [5.74, 6) is -1.41. The molecule has 1 aromatic heterocycles. The van der Waals surface area contributed by atoms with Gasteiger partial charge < -0.3 is 15.2 Å². The number of rotatable bonds is 5. The molecule has 0 aliphatic carbocycles. The van der Waals surface area contributed by atoms with Crippen LogP contribution in [0.15, 0.2) is 54.2 Å². The number of nitrogens with zero attached hydrogens (tertiary/aromatic N) is 2. The number of pyridine rings is 1. The van der Waals surface area contributed by atoms with Gasteiger partial charge in [0.2, 0.25) is 5.88 Å². The number of esters is 1. The fourth-order valence-electron chi connectivity index (χ4n) is 4.18. The molecule has 4 atom stereocenters. The van der Waals surface area contributed by atoms with Gasteiger partial charge in [0, 0.05) is 35.8 Å². The molecule has 0 amide bonds. The Bertz CT molecular complexity index is 1050. The van der Waals surface area contributed by atoms with Gasteiger partial charge >= 0.3 is 5.97 Å². The average molecular weight is 423 g/mol. The Hall–Kier alpha value is -3.48. The second kappa shape index (κ2) is 8.71. The van der Waals surface area contributed by atoms with Crippen molar-refractivity contribution in [3.8, 4) is 17.2 Å². The van der Waals surface area contributed by atoms with E-state index < -0.39 is 12.1 Å². The molecule has 9 heteroatoms. The van der Waals surface area contributed by atoms with Crippen LogP contribution in [0.2, 0.25) is 0 Å². The number of nitrogens with one attached hydrogen (secondary N) is 2. The highest BCUT2D eigenvalue weighted by atomic mass is 19.1. The first kappa shape index (κ1) is 20.8. The molecule has 4 unspecified atom stereocenters. The molecule has 160 valence electrons. The Morgan fingerprint density at radius 3 is 2.77 bits per heavy atom. The Labute approximate surface area is 178 Å². The number of benzene rings is 1. The van der Waals surface area contributed by atoms with Crippen molar-refractivity contribution < 1.29 is 18.7 Å². The molecule has 1 fully saturated rings. The van der Waals surface area contributed by atoms with Gasteiger partial charge in [0.1, 0.15) is 11.9 Å². The van der Waals surface area contributed by atoms with Gasteiger partial charge in [-0.2, -0.15) is 5.26 Å². The maximum atomic E-state index is 13.3. The second-order valence-electron chi connectivity index (χ2n) is 7.40. The SMILES string of the molecule is CCOC(=O)CC1NNC2OC(N)=C(C#N)C(c3cncc(-c4ccc(F)cc4)c3)C12. The summed E-state index contributed by atoms with van der Waals surface area (Å²) in [6, 6.07) is 9.81. The van der Waals surface area contributed by atoms with Crippen molar-refractivity contribution in [2.24, 2.45) is 11.7 Å². The zero-order valence-electron chi connectivity index (χ0n) is 16.8. The highest BCUT2D eigenvalue weighted by Crippen LogP contribution is 2.44. The Balaban J connectivity index is 1.73. The Kier molecular flexibility index (Phi) is 5.84. The van der Waals surface area contributed by atoms with Gasteiger partial charge in [0.05, 0.1) is 18.6 Å². The first-order chi connectivity index (χ1) is 15.0. The first-order valence-electron chi connectivity index (χ1n) is 9.95. The number of ether oxygens (including phenoxy) is 2. The van der Waals surface area contributed by atoms with E-state index in [1.807, 2.05) is 6.07 Å². The molecule has 2 aliphatic rings. The lowest BCUT2D eigenvalue weighted by Gasteiger charge is -2.35. The second-order valence-corrected chi connectivity index (χ2v) is 7.40. The summed E-state index contributed by atoms with van der Waals surface area (Å²) in [7, 11) is 0. The van der Waals surface area contributed by atoms with E-state index in [1.165, 1.54) is 12.1 Å². The number of carbonyl (C=O) groups is 1. The van der Waals surface area contributed by atoms with Crippen molar-refractivity contribution in [2.75, 3.05) is 6.61 Å². The molecule has 8 nitrogen and oxygen atoms in total. The predicted molar refractivity (Wildman–Crippen MR) is 109 cm³/mol. The quantitative estimate of drug-likeness (QED) is 0.625. The maximum absolute atomic E-state index is 13.3. The highest BCUT2D eigenvalue weighted by Gasteiger charge is 2.49. The number of fused-ring (bicyclic) bond motifs is 1. The van der Waals surface area contributed by atoms with Crippen LogP contribution >= 0.6 is 0 Å². The van der Waals surface area contributed by atoms with Crippen LogP contribution in [0, 0.1) is 23.1 Å². The number of nitrogens with two attached hydrogens (primary N) is 1. The molecule has 0 radical (unpaired) electrons. The lowest BCUT2D eigenvalue weighted by molar-refractivity contribution is -0.144. The topological polar surface area (TPSA) is 122 Å². The minimum Gasteiger partial charge on any atom is -0.466 e.